The second kappa shape index (κ2) is 8.82. The summed E-state index contributed by atoms with van der Waals surface area (Å²) >= 11 is 2.64. The molecule has 0 saturated carbocycles. The molecule has 0 aliphatic carbocycles. The van der Waals surface area contributed by atoms with Crippen LogP contribution >= 0.6 is 22.7 Å². The van der Waals surface area contributed by atoms with Crippen molar-refractivity contribution in [2.75, 3.05) is 5.32 Å². The molecule has 0 radical (unpaired) electrons. The number of hydrogen-bond acceptors (Lipinski definition) is 7. The van der Waals surface area contributed by atoms with Gasteiger partial charge < -0.3 is 9.84 Å². The molecule has 3 aromatic rings. The van der Waals surface area contributed by atoms with Gasteiger partial charge in [-0.15, -0.1) is 22.7 Å². The Balaban J connectivity index is 1.71. The molecule has 0 bridgehead atoms. The zero-order valence-electron chi connectivity index (χ0n) is 15.3. The second-order valence-corrected chi connectivity index (χ2v) is 9.94. The van der Waals surface area contributed by atoms with Gasteiger partial charge in [-0.05, 0) is 42.7 Å². The monoisotopic (exact) mass is 437 g/mol. The average molecular weight is 438 g/mol. The summed E-state index contributed by atoms with van der Waals surface area (Å²) in [6, 6.07) is 7.04. The van der Waals surface area contributed by atoms with E-state index >= 15 is 0 Å². The molecular weight excluding hydrogens is 418 g/mol. The summed E-state index contributed by atoms with van der Waals surface area (Å²) in [5, 5.41) is 8.53. The van der Waals surface area contributed by atoms with E-state index in [1.165, 1.54) is 11.3 Å². The van der Waals surface area contributed by atoms with Crippen molar-refractivity contribution in [3.8, 4) is 0 Å². The van der Waals surface area contributed by atoms with Crippen molar-refractivity contribution in [2.45, 2.75) is 31.0 Å². The van der Waals surface area contributed by atoms with E-state index in [1.54, 1.807) is 38.1 Å². The number of anilines is 1. The fourth-order valence-electron chi connectivity index (χ4n) is 2.26. The molecular formula is C18H19N3O4S3. The number of nitrogens with zero attached hydrogens (tertiary/aromatic N) is 1. The SMILES string of the molecule is CCC(=O)Nc1c(C)noc1C=Cc1ccc(S(=O)(=O)NCc2cccs2)s1. The molecule has 0 spiro atoms. The molecule has 28 heavy (non-hydrogen) atoms. The molecule has 3 heterocycles. The van der Waals surface area contributed by atoms with Crippen molar-refractivity contribution >= 4 is 56.4 Å². The number of aromatic nitrogens is 1. The molecule has 3 rings (SSSR count). The Hall–Kier alpha value is -2.27. The minimum atomic E-state index is -3.57. The third-order valence-electron chi connectivity index (χ3n) is 3.76. The molecule has 7 nitrogen and oxygen atoms in total. The van der Waals surface area contributed by atoms with E-state index in [0.717, 1.165) is 21.1 Å². The number of sulfonamides is 1. The smallest absolute Gasteiger partial charge is 0.250 e. The molecule has 0 saturated heterocycles. The van der Waals surface area contributed by atoms with Crippen LogP contribution in [0.15, 0.2) is 38.4 Å². The predicted molar refractivity (Wildman–Crippen MR) is 112 cm³/mol. The van der Waals surface area contributed by atoms with E-state index in [0.29, 0.717) is 23.6 Å². The highest BCUT2D eigenvalue weighted by Crippen LogP contribution is 2.26. The molecule has 0 aliphatic rings. The van der Waals surface area contributed by atoms with Gasteiger partial charge in [-0.2, -0.15) is 0 Å². The minimum absolute atomic E-state index is 0.137. The summed E-state index contributed by atoms with van der Waals surface area (Å²) in [5.74, 6) is 0.273. The van der Waals surface area contributed by atoms with E-state index in [2.05, 4.69) is 15.2 Å². The minimum Gasteiger partial charge on any atom is -0.354 e. The van der Waals surface area contributed by atoms with Gasteiger partial charge in [-0.1, -0.05) is 18.1 Å². The first-order valence-electron chi connectivity index (χ1n) is 8.45. The lowest BCUT2D eigenvalue weighted by atomic mass is 10.2. The fraction of sp³-hybridized carbons (Fsp3) is 0.222. The van der Waals surface area contributed by atoms with Crippen LogP contribution in [0.1, 0.15) is 34.6 Å². The second-order valence-electron chi connectivity index (χ2n) is 5.80. The maximum atomic E-state index is 12.4. The van der Waals surface area contributed by atoms with Crippen molar-refractivity contribution in [2.24, 2.45) is 0 Å². The van der Waals surface area contributed by atoms with Crippen molar-refractivity contribution in [1.29, 1.82) is 0 Å². The van der Waals surface area contributed by atoms with E-state index in [1.807, 2.05) is 17.5 Å². The molecule has 0 aliphatic heterocycles. The van der Waals surface area contributed by atoms with Crippen LogP contribution in [0.3, 0.4) is 0 Å². The van der Waals surface area contributed by atoms with Crippen molar-refractivity contribution in [3.05, 3.63) is 50.9 Å². The van der Waals surface area contributed by atoms with Crippen LogP contribution in [0.25, 0.3) is 12.2 Å². The Morgan fingerprint density at radius 3 is 2.82 bits per heavy atom. The van der Waals surface area contributed by atoms with Gasteiger partial charge in [-0.25, -0.2) is 13.1 Å². The third-order valence-corrected chi connectivity index (χ3v) is 7.58. The van der Waals surface area contributed by atoms with Gasteiger partial charge in [0.1, 0.15) is 15.6 Å². The summed E-state index contributed by atoms with van der Waals surface area (Å²) in [6.45, 7) is 3.76. The lowest BCUT2D eigenvalue weighted by Crippen LogP contribution is -2.21. The van der Waals surface area contributed by atoms with Gasteiger partial charge >= 0.3 is 0 Å². The summed E-state index contributed by atoms with van der Waals surface area (Å²) in [7, 11) is -3.57. The largest absolute Gasteiger partial charge is 0.354 e. The Bertz CT molecular complexity index is 1080. The Morgan fingerprint density at radius 1 is 1.29 bits per heavy atom. The van der Waals surface area contributed by atoms with Gasteiger partial charge in [0.2, 0.25) is 15.9 Å². The number of hydrogen-bond donors (Lipinski definition) is 2. The topological polar surface area (TPSA) is 101 Å². The molecule has 2 N–H and O–H groups in total. The van der Waals surface area contributed by atoms with Crippen LogP contribution in [-0.2, 0) is 21.4 Å². The van der Waals surface area contributed by atoms with Crippen molar-refractivity contribution in [3.63, 3.8) is 0 Å². The standard InChI is InChI=1S/C18H19N3O4S3/c1-3-16(22)20-18-12(2)21-25-15(18)8-6-13-7-9-17(27-13)28(23,24)19-11-14-5-4-10-26-14/h4-10,19H,3,11H2,1-2H3,(H,20,22). The number of carbonyl (C=O) groups excluding carboxylic acids is 1. The zero-order valence-corrected chi connectivity index (χ0v) is 17.7. The number of nitrogens with one attached hydrogen (secondary N) is 2. The quantitative estimate of drug-likeness (QED) is 0.552. The van der Waals surface area contributed by atoms with Gasteiger partial charge in [0.25, 0.3) is 0 Å². The van der Waals surface area contributed by atoms with Crippen LogP contribution < -0.4 is 10.0 Å². The Labute approximate surface area is 171 Å². The lowest BCUT2D eigenvalue weighted by Gasteiger charge is -2.02. The highest BCUT2D eigenvalue weighted by Gasteiger charge is 2.17. The number of aryl methyl sites for hydroxylation is 1. The molecule has 10 heteroatoms. The van der Waals surface area contributed by atoms with Crippen LogP contribution in [0.4, 0.5) is 5.69 Å². The summed E-state index contributed by atoms with van der Waals surface area (Å²) in [6.07, 6.45) is 3.73. The maximum absolute atomic E-state index is 12.4. The van der Waals surface area contributed by atoms with Gasteiger partial charge in [-0.3, -0.25) is 4.79 Å². The van der Waals surface area contributed by atoms with E-state index in [4.69, 9.17) is 4.52 Å². The first-order valence-corrected chi connectivity index (χ1v) is 11.6. The molecule has 0 aromatic carbocycles. The van der Waals surface area contributed by atoms with Crippen molar-refractivity contribution in [1.82, 2.24) is 9.88 Å². The number of rotatable bonds is 8. The molecule has 3 aromatic heterocycles. The predicted octanol–water partition coefficient (Wildman–Crippen LogP) is 4.10. The Kier molecular flexibility index (Phi) is 6.45. The first-order chi connectivity index (χ1) is 13.4. The highest BCUT2D eigenvalue weighted by atomic mass is 32.2. The fourth-order valence-corrected chi connectivity index (χ4v) is 5.27. The maximum Gasteiger partial charge on any atom is 0.250 e. The molecule has 1 amide bonds. The zero-order chi connectivity index (χ0) is 20.1. The summed E-state index contributed by atoms with van der Waals surface area (Å²) in [5.41, 5.74) is 1.10. The van der Waals surface area contributed by atoms with E-state index in [9.17, 15) is 13.2 Å². The van der Waals surface area contributed by atoms with Crippen molar-refractivity contribution < 1.29 is 17.7 Å². The molecule has 0 unspecified atom stereocenters. The highest BCUT2D eigenvalue weighted by molar-refractivity contribution is 7.91. The third kappa shape index (κ3) is 4.96. The molecule has 148 valence electrons. The lowest BCUT2D eigenvalue weighted by molar-refractivity contribution is -0.115. The van der Waals surface area contributed by atoms with Crippen LogP contribution in [0.2, 0.25) is 0 Å². The van der Waals surface area contributed by atoms with Gasteiger partial charge in [0.15, 0.2) is 5.76 Å². The molecule has 0 atom stereocenters. The number of carbonyl (C=O) groups is 1. The first kappa shape index (κ1) is 20.5. The van der Waals surface area contributed by atoms with Gasteiger partial charge in [0, 0.05) is 22.7 Å². The van der Waals surface area contributed by atoms with Crippen LogP contribution in [0, 0.1) is 6.92 Å². The molecule has 0 fully saturated rings. The Morgan fingerprint density at radius 2 is 2.11 bits per heavy atom. The van der Waals surface area contributed by atoms with E-state index < -0.39 is 10.0 Å². The number of thiophene rings is 2. The van der Waals surface area contributed by atoms with Crippen LogP contribution in [0.5, 0.6) is 0 Å². The van der Waals surface area contributed by atoms with E-state index in [-0.39, 0.29) is 16.7 Å². The van der Waals surface area contributed by atoms with Crippen LogP contribution in [-0.4, -0.2) is 19.5 Å². The average Bonchev–Trinajstić information content (AvgIpc) is 3.41. The summed E-state index contributed by atoms with van der Waals surface area (Å²) < 4.78 is 32.9. The number of amides is 1. The summed E-state index contributed by atoms with van der Waals surface area (Å²) in [4.78, 5) is 13.3. The van der Waals surface area contributed by atoms with Gasteiger partial charge in [0.05, 0.1) is 0 Å². The normalized spacial score (nSPS) is 11.9.